The second-order valence-corrected chi connectivity index (χ2v) is 20.0. The molecule has 9 heavy (non-hydrogen) atoms. The molecule has 56 valence electrons. The fraction of sp³-hybridized carbons (Fsp3) is 0.667. The fourth-order valence-corrected chi connectivity index (χ4v) is 0. The summed E-state index contributed by atoms with van der Waals surface area (Å²) in [4.78, 5) is 0. The van der Waals surface area contributed by atoms with Crippen molar-refractivity contribution in [3.63, 3.8) is 0 Å². The van der Waals surface area contributed by atoms with Crippen molar-refractivity contribution in [1.82, 2.24) is 0 Å². The summed E-state index contributed by atoms with van der Waals surface area (Å²) in [7, 11) is 0. The number of hydrogen-bond acceptors (Lipinski definition) is 0. The van der Waals surface area contributed by atoms with Gasteiger partial charge in [-0.3, -0.25) is 0 Å². The summed E-state index contributed by atoms with van der Waals surface area (Å²) in [6.45, 7) is 11.0. The zero-order chi connectivity index (χ0) is 8.12. The third-order valence-electron chi connectivity index (χ3n) is 0. The molecule has 0 aliphatic rings. The van der Waals surface area contributed by atoms with Crippen LogP contribution >= 0.6 is 36.1 Å². The molecule has 0 radical (unpaired) electrons. The molecule has 0 aliphatic heterocycles. The Kier molecular flexibility index (Phi) is 61.3. The SMILES string of the molecule is [CH2-]CC.[CH2-]CC.[I][Zr+2][I]. The molecule has 0 aromatic carbocycles. The van der Waals surface area contributed by atoms with Gasteiger partial charge < -0.3 is 13.8 Å². The molecule has 3 heteroatoms. The second kappa shape index (κ2) is 31.6. The summed E-state index contributed by atoms with van der Waals surface area (Å²) < 4.78 is 0. The van der Waals surface area contributed by atoms with Crippen LogP contribution in [0.25, 0.3) is 0 Å². The normalized spacial score (nSPS) is 5.11. The minimum atomic E-state index is 0.170. The van der Waals surface area contributed by atoms with E-state index in [0.29, 0.717) is 0 Å². The van der Waals surface area contributed by atoms with Crippen molar-refractivity contribution >= 4 is 36.1 Å². The van der Waals surface area contributed by atoms with Crippen molar-refractivity contribution in [1.29, 1.82) is 0 Å². The summed E-state index contributed by atoms with van der Waals surface area (Å²) >= 11 is 5.06. The van der Waals surface area contributed by atoms with Crippen LogP contribution in [0.2, 0.25) is 0 Å². The Labute approximate surface area is 89.9 Å². The summed E-state index contributed by atoms with van der Waals surface area (Å²) in [5.74, 6) is 0. The molecule has 0 rings (SSSR count). The average Bonchev–Trinajstić information content (AvgIpc) is 1.70. The van der Waals surface area contributed by atoms with E-state index in [1.165, 1.54) is 0 Å². The average molecular weight is 431 g/mol. The van der Waals surface area contributed by atoms with Crippen molar-refractivity contribution in [3.05, 3.63) is 13.8 Å². The van der Waals surface area contributed by atoms with Gasteiger partial charge in [-0.05, 0) is 0 Å². The fourth-order valence-electron chi connectivity index (χ4n) is 0. The molecule has 0 unspecified atom stereocenters. The Bertz CT molecular complexity index is 15.8. The maximum absolute atomic E-state index is 3.49. The third kappa shape index (κ3) is 131. The Balaban J connectivity index is -0.0000000600. The number of rotatable bonds is 0. The van der Waals surface area contributed by atoms with E-state index in [0.717, 1.165) is 12.8 Å². The van der Waals surface area contributed by atoms with E-state index in [-0.39, 0.29) is 14.9 Å². The quantitative estimate of drug-likeness (QED) is 0.398. The van der Waals surface area contributed by atoms with Gasteiger partial charge in [-0.25, -0.2) is 0 Å². The minimum absolute atomic E-state index is 0.170. The van der Waals surface area contributed by atoms with Crippen LogP contribution in [0, 0.1) is 13.8 Å². The van der Waals surface area contributed by atoms with Gasteiger partial charge in [-0.2, -0.15) is 12.8 Å². The molecule has 0 saturated heterocycles. The first kappa shape index (κ1) is 17.4. The first-order valence-electron chi connectivity index (χ1n) is 2.79. The van der Waals surface area contributed by atoms with Crippen LogP contribution in [0.1, 0.15) is 26.7 Å². The Morgan fingerprint density at radius 1 is 1.11 bits per heavy atom. The number of hydrogen-bond donors (Lipinski definition) is 0. The molecular formula is C6H14I2Zr. The zero-order valence-electron chi connectivity index (χ0n) is 6.08. The Morgan fingerprint density at radius 2 is 1.11 bits per heavy atom. The summed E-state index contributed by atoms with van der Waals surface area (Å²) in [5, 5.41) is 0. The van der Waals surface area contributed by atoms with Crippen molar-refractivity contribution in [2.75, 3.05) is 0 Å². The topological polar surface area (TPSA) is 0 Å². The molecule has 0 aromatic heterocycles. The Hall–Kier alpha value is 2.34. The molecular weight excluding hydrogens is 417 g/mol. The van der Waals surface area contributed by atoms with Gasteiger partial charge >= 0.3 is 50.9 Å². The molecule has 0 bridgehead atoms. The molecule has 0 heterocycles. The monoisotopic (exact) mass is 430 g/mol. The first-order chi connectivity index (χ1) is 4.24. The van der Waals surface area contributed by atoms with E-state index >= 15 is 0 Å². The van der Waals surface area contributed by atoms with Gasteiger partial charge in [0.1, 0.15) is 0 Å². The molecule has 0 aliphatic carbocycles. The van der Waals surface area contributed by atoms with Crippen molar-refractivity contribution in [2.24, 2.45) is 0 Å². The summed E-state index contributed by atoms with van der Waals surface area (Å²) in [5.41, 5.74) is 0. The molecule has 0 atom stereocenters. The molecule has 0 nitrogen and oxygen atoms in total. The van der Waals surface area contributed by atoms with Gasteiger partial charge in [0.05, 0.1) is 0 Å². The first-order valence-corrected chi connectivity index (χ1v) is 17.4. The van der Waals surface area contributed by atoms with E-state index < -0.39 is 0 Å². The van der Waals surface area contributed by atoms with E-state index in [4.69, 9.17) is 0 Å². The molecule has 0 saturated carbocycles. The molecule has 0 aromatic rings. The molecule has 0 amide bonds. The Morgan fingerprint density at radius 3 is 1.11 bits per heavy atom. The van der Waals surface area contributed by atoms with Crippen molar-refractivity contribution < 1.29 is 14.9 Å². The predicted molar refractivity (Wildman–Crippen MR) is 59.3 cm³/mol. The van der Waals surface area contributed by atoms with E-state index in [1.807, 2.05) is 13.8 Å². The van der Waals surface area contributed by atoms with E-state index in [9.17, 15) is 0 Å². The van der Waals surface area contributed by atoms with Crippen LogP contribution in [0.5, 0.6) is 0 Å². The van der Waals surface area contributed by atoms with Crippen LogP contribution in [-0.2, 0) is 14.9 Å². The second-order valence-electron chi connectivity index (χ2n) is 1.07. The van der Waals surface area contributed by atoms with Gasteiger partial charge in [0, 0.05) is 0 Å². The predicted octanol–water partition coefficient (Wildman–Crippen LogP) is 4.23. The van der Waals surface area contributed by atoms with E-state index in [1.54, 1.807) is 0 Å². The van der Waals surface area contributed by atoms with Gasteiger partial charge in [-0.15, -0.1) is 0 Å². The molecule has 0 N–H and O–H groups in total. The summed E-state index contributed by atoms with van der Waals surface area (Å²) in [6, 6.07) is 0. The standard InChI is InChI=1S/2C3H7.2HI.Zr/c2*1-3-2;;;/h2*1,3H2,2H3;2*1H;/q2*-1;;;+4/p-2. The van der Waals surface area contributed by atoms with Gasteiger partial charge in [0.15, 0.2) is 0 Å². The van der Waals surface area contributed by atoms with Gasteiger partial charge in [0.25, 0.3) is 0 Å². The van der Waals surface area contributed by atoms with Gasteiger partial charge in [-0.1, -0.05) is 13.8 Å². The maximum atomic E-state index is 3.49. The van der Waals surface area contributed by atoms with Gasteiger partial charge in [0.2, 0.25) is 0 Å². The van der Waals surface area contributed by atoms with Crippen molar-refractivity contribution in [2.45, 2.75) is 26.7 Å². The zero-order valence-corrected chi connectivity index (χ0v) is 12.9. The van der Waals surface area contributed by atoms with Crippen LogP contribution in [-0.4, -0.2) is 0 Å². The van der Waals surface area contributed by atoms with Crippen LogP contribution in [0.15, 0.2) is 0 Å². The van der Waals surface area contributed by atoms with Crippen LogP contribution in [0.4, 0.5) is 0 Å². The third-order valence-corrected chi connectivity index (χ3v) is 0. The van der Waals surface area contributed by atoms with Crippen LogP contribution in [0.3, 0.4) is 0 Å². The van der Waals surface area contributed by atoms with Crippen LogP contribution < -0.4 is 0 Å². The van der Waals surface area contributed by atoms with Crippen molar-refractivity contribution in [3.8, 4) is 0 Å². The van der Waals surface area contributed by atoms with E-state index in [2.05, 4.69) is 49.9 Å². The molecule has 0 fully saturated rings. The number of halogens is 2. The summed E-state index contributed by atoms with van der Waals surface area (Å²) in [6.07, 6.45) is 2.00. The molecule has 0 spiro atoms.